The van der Waals surface area contributed by atoms with Crippen molar-refractivity contribution < 1.29 is 14.1 Å². The van der Waals surface area contributed by atoms with E-state index in [2.05, 4.69) is 20.0 Å². The number of carbonyl (C=O) groups excluding carboxylic acids is 2. The molecule has 1 aliphatic rings. The summed E-state index contributed by atoms with van der Waals surface area (Å²) < 4.78 is 4.59. The quantitative estimate of drug-likeness (QED) is 0.768. The predicted octanol–water partition coefficient (Wildman–Crippen LogP) is -0.200. The van der Waals surface area contributed by atoms with Gasteiger partial charge in [0.1, 0.15) is 0 Å². The second-order valence-electron chi connectivity index (χ2n) is 3.74. The second-order valence-corrected chi connectivity index (χ2v) is 3.74. The topological polar surface area (TPSA) is 88.3 Å². The highest BCUT2D eigenvalue weighted by molar-refractivity contribution is 5.97. The van der Waals surface area contributed by atoms with Gasteiger partial charge in [0.05, 0.1) is 5.92 Å². The maximum Gasteiger partial charge on any atom is 0.324 e. The Hall–Kier alpha value is -1.92. The molecule has 0 aliphatic carbocycles. The second kappa shape index (κ2) is 4.30. The lowest BCUT2D eigenvalue weighted by atomic mass is 10.1. The third-order valence-electron chi connectivity index (χ3n) is 2.47. The monoisotopic (exact) mass is 224 g/mol. The van der Waals surface area contributed by atoms with E-state index in [1.807, 2.05) is 0 Å². The molecule has 86 valence electrons. The van der Waals surface area contributed by atoms with Crippen LogP contribution < -0.4 is 5.32 Å². The Morgan fingerprint density at radius 1 is 1.62 bits per heavy atom. The average molecular weight is 224 g/mol. The third kappa shape index (κ3) is 2.18. The summed E-state index contributed by atoms with van der Waals surface area (Å²) in [6, 6.07) is -0.355. The fourth-order valence-electron chi connectivity index (χ4n) is 1.53. The van der Waals surface area contributed by atoms with Crippen molar-refractivity contribution >= 4 is 11.9 Å². The molecule has 1 aromatic rings. The first-order valence-electron chi connectivity index (χ1n) is 5.02. The van der Waals surface area contributed by atoms with Crippen LogP contribution in [-0.4, -0.2) is 40.1 Å². The van der Waals surface area contributed by atoms with Crippen LogP contribution in [0.3, 0.4) is 0 Å². The lowest BCUT2D eigenvalue weighted by Gasteiger charge is -2.29. The maximum atomic E-state index is 11.4. The summed E-state index contributed by atoms with van der Waals surface area (Å²) in [6.45, 7) is 2.69. The Kier molecular flexibility index (Phi) is 2.84. The average Bonchev–Trinajstić information content (AvgIpc) is 2.74. The maximum absolute atomic E-state index is 11.4. The summed E-state index contributed by atoms with van der Waals surface area (Å²) in [7, 11) is 0. The van der Waals surface area contributed by atoms with Crippen molar-refractivity contribution in [3.05, 3.63) is 12.2 Å². The standard InChI is InChI=1S/C9H12N4O3/c1-6-4-13(9(15)11-8(6)14)3-2-7-10-5-16-12-7/h5-6H,2-4H2,1H3,(H,11,14,15). The zero-order chi connectivity index (χ0) is 11.5. The van der Waals surface area contributed by atoms with Crippen LogP contribution in [0.1, 0.15) is 12.7 Å². The third-order valence-corrected chi connectivity index (χ3v) is 2.47. The molecule has 3 amide bonds. The minimum atomic E-state index is -0.355. The summed E-state index contributed by atoms with van der Waals surface area (Å²) in [6.07, 6.45) is 1.77. The molecule has 7 heteroatoms. The van der Waals surface area contributed by atoms with Crippen LogP contribution in [0.15, 0.2) is 10.9 Å². The van der Waals surface area contributed by atoms with Crippen LogP contribution >= 0.6 is 0 Å². The Balaban J connectivity index is 1.90. The summed E-state index contributed by atoms with van der Waals surface area (Å²) in [5.74, 6) is 0.154. The number of imide groups is 1. The molecule has 7 nitrogen and oxygen atoms in total. The fourth-order valence-corrected chi connectivity index (χ4v) is 1.53. The van der Waals surface area contributed by atoms with Crippen LogP contribution in [0.2, 0.25) is 0 Å². The van der Waals surface area contributed by atoms with Gasteiger partial charge in [-0.1, -0.05) is 12.1 Å². The van der Waals surface area contributed by atoms with Crippen molar-refractivity contribution in [2.24, 2.45) is 5.92 Å². The molecule has 0 spiro atoms. The molecule has 1 saturated heterocycles. The summed E-state index contributed by atoms with van der Waals surface area (Å²) in [5, 5.41) is 5.94. The number of nitrogens with zero attached hydrogens (tertiary/aromatic N) is 3. The molecule has 1 fully saturated rings. The molecule has 1 atom stereocenters. The summed E-state index contributed by atoms with van der Waals surface area (Å²) in [5.41, 5.74) is 0. The molecule has 1 aromatic heterocycles. The zero-order valence-corrected chi connectivity index (χ0v) is 8.84. The van der Waals surface area contributed by atoms with E-state index < -0.39 is 0 Å². The highest BCUT2D eigenvalue weighted by Gasteiger charge is 2.28. The number of nitrogens with one attached hydrogen (secondary N) is 1. The van der Waals surface area contributed by atoms with Gasteiger partial charge in [0.25, 0.3) is 0 Å². The summed E-state index contributed by atoms with van der Waals surface area (Å²) >= 11 is 0. The zero-order valence-electron chi connectivity index (χ0n) is 8.84. The van der Waals surface area contributed by atoms with Crippen LogP contribution in [0, 0.1) is 5.92 Å². The normalized spacial score (nSPS) is 21.1. The van der Waals surface area contributed by atoms with E-state index in [-0.39, 0.29) is 17.9 Å². The Morgan fingerprint density at radius 3 is 3.12 bits per heavy atom. The first-order chi connectivity index (χ1) is 7.66. The minimum absolute atomic E-state index is 0.178. The molecule has 0 aromatic carbocycles. The van der Waals surface area contributed by atoms with E-state index in [1.165, 1.54) is 6.39 Å². The molecule has 1 aliphatic heterocycles. The molecule has 16 heavy (non-hydrogen) atoms. The van der Waals surface area contributed by atoms with E-state index in [0.717, 1.165) is 0 Å². The highest BCUT2D eigenvalue weighted by atomic mass is 16.5. The van der Waals surface area contributed by atoms with Gasteiger partial charge in [-0.25, -0.2) is 4.79 Å². The van der Waals surface area contributed by atoms with Crippen molar-refractivity contribution in [2.75, 3.05) is 13.1 Å². The van der Waals surface area contributed by atoms with Gasteiger partial charge in [0, 0.05) is 19.5 Å². The Bertz CT molecular complexity index is 389. The first kappa shape index (κ1) is 10.6. The SMILES string of the molecule is CC1CN(CCc2ncon2)C(=O)NC1=O. The number of urea groups is 1. The van der Waals surface area contributed by atoms with Gasteiger partial charge in [0.15, 0.2) is 5.82 Å². The van der Waals surface area contributed by atoms with Crippen molar-refractivity contribution in [3.8, 4) is 0 Å². The number of hydrogen-bond acceptors (Lipinski definition) is 5. The number of rotatable bonds is 3. The number of hydrogen-bond donors (Lipinski definition) is 1. The molecule has 0 bridgehead atoms. The lowest BCUT2D eigenvalue weighted by Crippen LogP contribution is -2.54. The molecular formula is C9H12N4O3. The van der Waals surface area contributed by atoms with E-state index in [0.29, 0.717) is 25.3 Å². The first-order valence-corrected chi connectivity index (χ1v) is 5.02. The van der Waals surface area contributed by atoms with Crippen LogP contribution in [0.5, 0.6) is 0 Å². The van der Waals surface area contributed by atoms with Crippen LogP contribution in [0.25, 0.3) is 0 Å². The van der Waals surface area contributed by atoms with Gasteiger partial charge in [-0.15, -0.1) is 0 Å². The van der Waals surface area contributed by atoms with Gasteiger partial charge < -0.3 is 9.42 Å². The Labute approximate surface area is 91.8 Å². The molecule has 2 heterocycles. The van der Waals surface area contributed by atoms with Crippen molar-refractivity contribution in [2.45, 2.75) is 13.3 Å². The van der Waals surface area contributed by atoms with Gasteiger partial charge in [-0.05, 0) is 0 Å². The van der Waals surface area contributed by atoms with Gasteiger partial charge >= 0.3 is 6.03 Å². The highest BCUT2D eigenvalue weighted by Crippen LogP contribution is 2.07. The molecule has 0 radical (unpaired) electrons. The summed E-state index contributed by atoms with van der Waals surface area (Å²) in [4.78, 5) is 28.1. The van der Waals surface area contributed by atoms with Crippen LogP contribution in [-0.2, 0) is 11.2 Å². The number of amides is 3. The number of aromatic nitrogens is 2. The van der Waals surface area contributed by atoms with E-state index in [4.69, 9.17) is 0 Å². The van der Waals surface area contributed by atoms with E-state index in [1.54, 1.807) is 11.8 Å². The number of carbonyl (C=O) groups is 2. The minimum Gasteiger partial charge on any atom is -0.343 e. The van der Waals surface area contributed by atoms with Crippen molar-refractivity contribution in [1.82, 2.24) is 20.4 Å². The van der Waals surface area contributed by atoms with E-state index >= 15 is 0 Å². The van der Waals surface area contributed by atoms with Gasteiger partial charge in [0.2, 0.25) is 12.3 Å². The van der Waals surface area contributed by atoms with Crippen molar-refractivity contribution in [1.29, 1.82) is 0 Å². The van der Waals surface area contributed by atoms with Crippen molar-refractivity contribution in [3.63, 3.8) is 0 Å². The molecular weight excluding hydrogens is 212 g/mol. The van der Waals surface area contributed by atoms with Gasteiger partial charge in [-0.3, -0.25) is 10.1 Å². The lowest BCUT2D eigenvalue weighted by molar-refractivity contribution is -0.125. The van der Waals surface area contributed by atoms with Crippen LogP contribution in [0.4, 0.5) is 4.79 Å². The molecule has 1 N–H and O–H groups in total. The predicted molar refractivity (Wildman–Crippen MR) is 52.3 cm³/mol. The largest absolute Gasteiger partial charge is 0.343 e. The molecule has 2 rings (SSSR count). The molecule has 1 unspecified atom stereocenters. The van der Waals surface area contributed by atoms with Gasteiger partial charge in [-0.2, -0.15) is 4.98 Å². The smallest absolute Gasteiger partial charge is 0.324 e. The fraction of sp³-hybridized carbons (Fsp3) is 0.556. The Morgan fingerprint density at radius 2 is 2.44 bits per heavy atom. The molecule has 0 saturated carbocycles. The van der Waals surface area contributed by atoms with E-state index in [9.17, 15) is 9.59 Å².